The number of halogens is 1. The van der Waals surface area contributed by atoms with Crippen molar-refractivity contribution >= 4 is 45.9 Å². The van der Waals surface area contributed by atoms with Crippen LogP contribution < -0.4 is 10.0 Å². The van der Waals surface area contributed by atoms with Crippen LogP contribution in [-0.2, 0) is 14.8 Å². The van der Waals surface area contributed by atoms with Crippen LogP contribution in [0.1, 0.15) is 39.0 Å². The Morgan fingerprint density at radius 2 is 1.88 bits per heavy atom. The van der Waals surface area contributed by atoms with Crippen molar-refractivity contribution in [1.29, 1.82) is 0 Å². The molecule has 2 rings (SSSR count). The van der Waals surface area contributed by atoms with Gasteiger partial charge in [0.2, 0.25) is 15.9 Å². The summed E-state index contributed by atoms with van der Waals surface area (Å²) in [7, 11) is 0.112. The molecule has 1 aliphatic heterocycles. The summed E-state index contributed by atoms with van der Waals surface area (Å²) in [5.74, 6) is 0.595. The Bertz CT molecular complexity index is 591. The molecule has 2 aliphatic rings. The number of carbonyl (C=O) groups is 1. The minimum absolute atomic E-state index is 0. The van der Waals surface area contributed by atoms with Crippen LogP contribution >= 0.6 is 24.0 Å². The zero-order valence-corrected chi connectivity index (χ0v) is 19.0. The highest BCUT2D eigenvalue weighted by molar-refractivity contribution is 14.0. The largest absolute Gasteiger partial charge is 0.353 e. The molecule has 1 amide bonds. The van der Waals surface area contributed by atoms with Gasteiger partial charge < -0.3 is 15.1 Å². The first-order valence-corrected chi connectivity index (χ1v) is 10.6. The van der Waals surface area contributed by atoms with E-state index in [1.165, 1.54) is 17.7 Å². The van der Waals surface area contributed by atoms with Gasteiger partial charge >= 0.3 is 0 Å². The van der Waals surface area contributed by atoms with Crippen LogP contribution in [0.5, 0.6) is 0 Å². The smallest absolute Gasteiger partial charge is 0.243 e. The van der Waals surface area contributed by atoms with E-state index < -0.39 is 15.3 Å². The van der Waals surface area contributed by atoms with Gasteiger partial charge in [0.15, 0.2) is 5.96 Å². The van der Waals surface area contributed by atoms with Crippen LogP contribution in [0.4, 0.5) is 0 Å². The van der Waals surface area contributed by atoms with Gasteiger partial charge in [0.25, 0.3) is 0 Å². The Kier molecular flexibility index (Phi) is 9.59. The zero-order chi connectivity index (χ0) is 18.4. The highest BCUT2D eigenvalue weighted by Crippen LogP contribution is 2.20. The molecule has 26 heavy (non-hydrogen) atoms. The number of hydrogen-bond acceptors (Lipinski definition) is 4. The second-order valence-electron chi connectivity index (χ2n) is 6.95. The molecule has 1 aliphatic carbocycles. The number of nitrogens with one attached hydrogen (secondary N) is 2. The van der Waals surface area contributed by atoms with E-state index >= 15 is 0 Å². The number of aliphatic imine (C=N–C) groups is 1. The molecule has 0 aromatic carbocycles. The number of rotatable bonds is 6. The van der Waals surface area contributed by atoms with Gasteiger partial charge in [-0.15, -0.1) is 24.0 Å². The molecule has 0 bridgehead atoms. The third-order valence-electron chi connectivity index (χ3n) is 4.78. The summed E-state index contributed by atoms with van der Waals surface area (Å²) in [5.41, 5.74) is 0. The average molecular weight is 501 g/mol. The normalized spacial score (nSPS) is 21.6. The first kappa shape index (κ1) is 23.4. The SMILES string of the molecule is CCNS(=O)(=O)C1CCN(C(=NCC(=O)N(C)C)NC2CCCC2)C1.I. The van der Waals surface area contributed by atoms with Gasteiger partial charge in [0.1, 0.15) is 6.54 Å². The fourth-order valence-corrected chi connectivity index (χ4v) is 4.70. The summed E-state index contributed by atoms with van der Waals surface area (Å²) in [6.45, 7) is 3.29. The van der Waals surface area contributed by atoms with E-state index in [4.69, 9.17) is 0 Å². The molecular formula is C16H32IN5O3S. The fourth-order valence-electron chi connectivity index (χ4n) is 3.27. The van der Waals surface area contributed by atoms with E-state index in [1.54, 1.807) is 21.0 Å². The van der Waals surface area contributed by atoms with Gasteiger partial charge in [-0.1, -0.05) is 19.8 Å². The second kappa shape index (κ2) is 10.6. The van der Waals surface area contributed by atoms with Gasteiger partial charge in [0, 0.05) is 39.8 Å². The van der Waals surface area contributed by atoms with Crippen LogP contribution in [0.3, 0.4) is 0 Å². The number of guanidine groups is 1. The Morgan fingerprint density at radius 3 is 2.46 bits per heavy atom. The number of amides is 1. The monoisotopic (exact) mass is 501 g/mol. The maximum Gasteiger partial charge on any atom is 0.243 e. The third-order valence-corrected chi connectivity index (χ3v) is 6.73. The van der Waals surface area contributed by atoms with Crippen molar-refractivity contribution < 1.29 is 13.2 Å². The molecule has 0 aromatic heterocycles. The van der Waals surface area contributed by atoms with Crippen molar-refractivity contribution in [3.63, 3.8) is 0 Å². The Morgan fingerprint density at radius 1 is 1.23 bits per heavy atom. The number of hydrogen-bond donors (Lipinski definition) is 2. The van der Waals surface area contributed by atoms with Crippen molar-refractivity contribution in [3.05, 3.63) is 0 Å². The van der Waals surface area contributed by atoms with Crippen molar-refractivity contribution in [1.82, 2.24) is 19.8 Å². The maximum absolute atomic E-state index is 12.2. The number of nitrogens with zero attached hydrogens (tertiary/aromatic N) is 3. The standard InChI is InChI=1S/C16H31N5O3S.HI/c1-4-18-25(23,24)14-9-10-21(12-14)16(17-11-15(22)20(2)3)19-13-7-5-6-8-13;/h13-14,18H,4-12H2,1-3H3,(H,17,19);1H. The minimum atomic E-state index is -3.30. The number of likely N-dealkylation sites (N-methyl/N-ethyl adjacent to an activating group) is 1. The summed E-state index contributed by atoms with van der Waals surface area (Å²) in [5, 5.41) is 3.01. The van der Waals surface area contributed by atoms with Crippen LogP contribution in [0, 0.1) is 0 Å². The molecule has 1 heterocycles. The van der Waals surface area contributed by atoms with E-state index in [9.17, 15) is 13.2 Å². The molecule has 0 radical (unpaired) electrons. The first-order valence-electron chi connectivity index (χ1n) is 9.08. The predicted molar refractivity (Wildman–Crippen MR) is 114 cm³/mol. The predicted octanol–water partition coefficient (Wildman–Crippen LogP) is 0.594. The zero-order valence-electron chi connectivity index (χ0n) is 15.9. The summed E-state index contributed by atoms with van der Waals surface area (Å²) in [6.07, 6.45) is 5.14. The molecule has 0 spiro atoms. The molecule has 8 nitrogen and oxygen atoms in total. The quantitative estimate of drug-likeness (QED) is 0.316. The van der Waals surface area contributed by atoms with Crippen molar-refractivity contribution in [2.45, 2.75) is 50.3 Å². The van der Waals surface area contributed by atoms with E-state index in [-0.39, 0.29) is 36.4 Å². The van der Waals surface area contributed by atoms with Gasteiger partial charge in [-0.25, -0.2) is 18.1 Å². The number of likely N-dealkylation sites (tertiary alicyclic amines) is 1. The summed E-state index contributed by atoms with van der Waals surface area (Å²) >= 11 is 0. The van der Waals surface area contributed by atoms with E-state index in [1.807, 2.05) is 4.90 Å². The molecule has 1 atom stereocenters. The Hall–Kier alpha value is -0.620. The third kappa shape index (κ3) is 6.52. The van der Waals surface area contributed by atoms with E-state index in [2.05, 4.69) is 15.0 Å². The molecule has 2 fully saturated rings. The summed E-state index contributed by atoms with van der Waals surface area (Å²) < 4.78 is 27.1. The van der Waals surface area contributed by atoms with Gasteiger partial charge in [-0.3, -0.25) is 4.79 Å². The molecule has 1 saturated carbocycles. The van der Waals surface area contributed by atoms with Crippen molar-refractivity contribution in [3.8, 4) is 0 Å². The molecule has 1 saturated heterocycles. The average Bonchev–Trinajstić information content (AvgIpc) is 3.22. The Labute approximate surface area is 174 Å². The molecule has 1 unspecified atom stereocenters. The minimum Gasteiger partial charge on any atom is -0.353 e. The second-order valence-corrected chi connectivity index (χ2v) is 9.00. The lowest BCUT2D eigenvalue weighted by Gasteiger charge is -2.25. The molecular weight excluding hydrogens is 469 g/mol. The molecule has 2 N–H and O–H groups in total. The van der Waals surface area contributed by atoms with E-state index in [0.717, 1.165) is 12.8 Å². The van der Waals surface area contributed by atoms with Gasteiger partial charge in [-0.05, 0) is 19.3 Å². The topological polar surface area (TPSA) is 94.1 Å². The molecule has 10 heteroatoms. The van der Waals surface area contributed by atoms with Crippen LogP contribution in [0.2, 0.25) is 0 Å². The lowest BCUT2D eigenvalue weighted by molar-refractivity contribution is -0.127. The Balaban J connectivity index is 0.00000338. The van der Waals surface area contributed by atoms with Gasteiger partial charge in [-0.2, -0.15) is 0 Å². The maximum atomic E-state index is 12.2. The van der Waals surface area contributed by atoms with Crippen molar-refractivity contribution in [2.24, 2.45) is 4.99 Å². The lowest BCUT2D eigenvalue weighted by atomic mass is 10.2. The molecule has 0 aromatic rings. The van der Waals surface area contributed by atoms with Crippen LogP contribution in [-0.4, -0.2) is 81.7 Å². The van der Waals surface area contributed by atoms with E-state index in [0.29, 0.717) is 38.1 Å². The van der Waals surface area contributed by atoms with Crippen LogP contribution in [0.25, 0.3) is 0 Å². The highest BCUT2D eigenvalue weighted by Gasteiger charge is 2.34. The summed E-state index contributed by atoms with van der Waals surface area (Å²) in [6, 6.07) is 0.359. The van der Waals surface area contributed by atoms with Crippen molar-refractivity contribution in [2.75, 3.05) is 40.3 Å². The highest BCUT2D eigenvalue weighted by atomic mass is 127. The summed E-state index contributed by atoms with van der Waals surface area (Å²) in [4.78, 5) is 19.8. The van der Waals surface area contributed by atoms with Gasteiger partial charge in [0.05, 0.1) is 5.25 Å². The fraction of sp³-hybridized carbons (Fsp3) is 0.875. The first-order chi connectivity index (χ1) is 11.8. The number of carbonyl (C=O) groups excluding carboxylic acids is 1. The number of sulfonamides is 1. The van der Waals surface area contributed by atoms with Crippen LogP contribution in [0.15, 0.2) is 4.99 Å². The molecule has 152 valence electrons. The lowest BCUT2D eigenvalue weighted by Crippen LogP contribution is -2.46.